The van der Waals surface area contributed by atoms with Gasteiger partial charge in [-0.15, -0.1) is 0 Å². The van der Waals surface area contributed by atoms with Crippen LogP contribution in [-0.2, 0) is 9.59 Å². The molecule has 0 saturated heterocycles. The number of nitrogens with zero attached hydrogens (tertiary/aromatic N) is 3. The van der Waals surface area contributed by atoms with Crippen molar-refractivity contribution < 1.29 is 14.3 Å². The highest BCUT2D eigenvalue weighted by Crippen LogP contribution is 2.38. The lowest BCUT2D eigenvalue weighted by atomic mass is 10.1. The molecule has 176 valence electrons. The summed E-state index contributed by atoms with van der Waals surface area (Å²) in [7, 11) is 1.58. The summed E-state index contributed by atoms with van der Waals surface area (Å²) in [4.78, 5) is 37.9. The fourth-order valence-electron chi connectivity index (χ4n) is 4.05. The number of thioether (sulfide) groups is 1. The molecule has 7 nitrogen and oxygen atoms in total. The fraction of sp³-hybridized carbons (Fsp3) is 0.185. The largest absolute Gasteiger partial charge is 0.497 e. The summed E-state index contributed by atoms with van der Waals surface area (Å²) in [5, 5.41) is 2.95. The van der Waals surface area contributed by atoms with Crippen LogP contribution in [0.4, 0.5) is 11.4 Å². The number of para-hydroxylation sites is 1. The Balaban J connectivity index is 1.45. The first-order valence-electron chi connectivity index (χ1n) is 11.4. The third-order valence-corrected chi connectivity index (χ3v) is 7.15. The number of fused-ring (bicyclic) bond motifs is 3. The number of carbonyl (C=O) groups excluding carboxylic acids is 2. The first-order valence-corrected chi connectivity index (χ1v) is 12.2. The summed E-state index contributed by atoms with van der Waals surface area (Å²) >= 11 is 1.27. The second-order valence-corrected chi connectivity index (χ2v) is 9.26. The van der Waals surface area contributed by atoms with Crippen molar-refractivity contribution in [3.05, 3.63) is 90.0 Å². The topological polar surface area (TPSA) is 83.4 Å². The summed E-state index contributed by atoms with van der Waals surface area (Å²) in [5.74, 6) is 0.888. The van der Waals surface area contributed by atoms with Crippen LogP contribution in [0.2, 0.25) is 0 Å². The molecule has 0 bridgehead atoms. The molecule has 2 heterocycles. The SMILES string of the molecule is CC[C@@H](SC1=Nc2ccccc2C2=N[C@H](c3ccccc3)C(=O)N12)C(=O)Nc1cccc(OC)c1. The number of amides is 2. The molecule has 8 heteroatoms. The van der Waals surface area contributed by atoms with E-state index < -0.39 is 11.3 Å². The molecule has 0 spiro atoms. The van der Waals surface area contributed by atoms with Gasteiger partial charge in [0.15, 0.2) is 11.2 Å². The highest BCUT2D eigenvalue weighted by molar-refractivity contribution is 8.15. The summed E-state index contributed by atoms with van der Waals surface area (Å²) in [5.41, 5.74) is 3.00. The Morgan fingerprint density at radius 2 is 1.86 bits per heavy atom. The van der Waals surface area contributed by atoms with Gasteiger partial charge in [0.2, 0.25) is 5.91 Å². The quantitative estimate of drug-likeness (QED) is 0.523. The lowest BCUT2D eigenvalue weighted by Crippen LogP contribution is -2.41. The predicted molar refractivity (Wildman–Crippen MR) is 139 cm³/mol. The van der Waals surface area contributed by atoms with Crippen LogP contribution in [0.3, 0.4) is 0 Å². The molecule has 3 aromatic carbocycles. The number of aliphatic imine (C=N–C) groups is 2. The molecule has 5 rings (SSSR count). The Morgan fingerprint density at radius 1 is 1.09 bits per heavy atom. The molecule has 2 amide bonds. The van der Waals surface area contributed by atoms with Crippen molar-refractivity contribution in [2.24, 2.45) is 9.98 Å². The zero-order chi connectivity index (χ0) is 24.4. The van der Waals surface area contributed by atoms with Gasteiger partial charge in [-0.2, -0.15) is 0 Å². The normalized spacial score (nSPS) is 17.1. The molecule has 0 fully saturated rings. The molecule has 35 heavy (non-hydrogen) atoms. The molecule has 3 aromatic rings. The van der Waals surface area contributed by atoms with Crippen LogP contribution in [0.15, 0.2) is 88.8 Å². The highest BCUT2D eigenvalue weighted by Gasteiger charge is 2.43. The molecule has 0 unspecified atom stereocenters. The Kier molecular flexibility index (Phi) is 6.37. The first kappa shape index (κ1) is 22.9. The van der Waals surface area contributed by atoms with Crippen molar-refractivity contribution in [2.45, 2.75) is 24.6 Å². The van der Waals surface area contributed by atoms with Gasteiger partial charge in [-0.25, -0.2) is 14.9 Å². The second kappa shape index (κ2) is 9.76. The molecule has 2 aliphatic heterocycles. The fourth-order valence-corrected chi connectivity index (χ4v) is 5.07. The van der Waals surface area contributed by atoms with Crippen molar-refractivity contribution >= 4 is 46.0 Å². The van der Waals surface area contributed by atoms with Gasteiger partial charge in [-0.3, -0.25) is 9.59 Å². The van der Waals surface area contributed by atoms with Gasteiger partial charge in [-0.1, -0.05) is 67.2 Å². The number of carbonyl (C=O) groups is 2. The number of hydrogen-bond donors (Lipinski definition) is 1. The molecule has 0 aromatic heterocycles. The Morgan fingerprint density at radius 3 is 2.63 bits per heavy atom. The Labute approximate surface area is 207 Å². The van der Waals surface area contributed by atoms with Gasteiger partial charge >= 0.3 is 0 Å². The van der Waals surface area contributed by atoms with E-state index in [0.717, 1.165) is 16.8 Å². The van der Waals surface area contributed by atoms with Gasteiger partial charge in [0, 0.05) is 17.3 Å². The van der Waals surface area contributed by atoms with E-state index in [9.17, 15) is 9.59 Å². The van der Waals surface area contributed by atoms with Gasteiger partial charge < -0.3 is 10.1 Å². The molecular weight excluding hydrogens is 460 g/mol. The number of rotatable bonds is 6. The van der Waals surface area contributed by atoms with E-state index in [4.69, 9.17) is 14.7 Å². The first-order chi connectivity index (χ1) is 17.1. The number of ether oxygens (including phenoxy) is 1. The number of nitrogens with one attached hydrogen (secondary N) is 1. The second-order valence-electron chi connectivity index (χ2n) is 8.09. The molecule has 0 radical (unpaired) electrons. The van der Waals surface area contributed by atoms with Crippen molar-refractivity contribution in [1.29, 1.82) is 0 Å². The van der Waals surface area contributed by atoms with E-state index in [2.05, 4.69) is 5.32 Å². The van der Waals surface area contributed by atoms with E-state index in [1.165, 1.54) is 11.8 Å². The Hall–Kier alpha value is -3.91. The number of anilines is 1. The van der Waals surface area contributed by atoms with Crippen LogP contribution in [0.25, 0.3) is 0 Å². The number of benzene rings is 3. The minimum absolute atomic E-state index is 0.169. The minimum atomic E-state index is -0.645. The van der Waals surface area contributed by atoms with E-state index in [1.54, 1.807) is 18.1 Å². The van der Waals surface area contributed by atoms with E-state index in [0.29, 0.717) is 28.9 Å². The van der Waals surface area contributed by atoms with E-state index in [-0.39, 0.29) is 11.8 Å². The number of amidine groups is 2. The average Bonchev–Trinajstić information content (AvgIpc) is 3.25. The maximum Gasteiger partial charge on any atom is 0.263 e. The van der Waals surface area contributed by atoms with Gasteiger partial charge in [0.05, 0.1) is 18.0 Å². The van der Waals surface area contributed by atoms with Crippen LogP contribution in [0.1, 0.15) is 30.5 Å². The predicted octanol–water partition coefficient (Wildman–Crippen LogP) is 5.18. The number of methoxy groups -OCH3 is 1. The number of hydrogen-bond acceptors (Lipinski definition) is 6. The van der Waals surface area contributed by atoms with Crippen LogP contribution < -0.4 is 10.1 Å². The zero-order valence-electron chi connectivity index (χ0n) is 19.3. The molecule has 2 atom stereocenters. The van der Waals surface area contributed by atoms with Crippen LogP contribution >= 0.6 is 11.8 Å². The summed E-state index contributed by atoms with van der Waals surface area (Å²) < 4.78 is 5.25. The Bertz CT molecular complexity index is 1340. The molecule has 1 N–H and O–H groups in total. The van der Waals surface area contributed by atoms with Crippen molar-refractivity contribution in [2.75, 3.05) is 12.4 Å². The van der Waals surface area contributed by atoms with Crippen LogP contribution in [0, 0.1) is 0 Å². The van der Waals surface area contributed by atoms with Crippen LogP contribution in [0.5, 0.6) is 5.75 Å². The van der Waals surface area contributed by atoms with E-state index >= 15 is 0 Å². The monoisotopic (exact) mass is 484 g/mol. The maximum atomic E-state index is 13.6. The average molecular weight is 485 g/mol. The highest BCUT2D eigenvalue weighted by atomic mass is 32.2. The maximum absolute atomic E-state index is 13.6. The van der Waals surface area contributed by atoms with E-state index in [1.807, 2.05) is 79.7 Å². The summed E-state index contributed by atoms with van der Waals surface area (Å²) in [6.07, 6.45) is 0.553. The lowest BCUT2D eigenvalue weighted by Gasteiger charge is -2.27. The molecule has 0 aliphatic carbocycles. The van der Waals surface area contributed by atoms with Crippen LogP contribution in [-0.4, -0.2) is 40.1 Å². The van der Waals surface area contributed by atoms with Gasteiger partial charge in [0.1, 0.15) is 11.6 Å². The zero-order valence-corrected chi connectivity index (χ0v) is 20.2. The lowest BCUT2D eigenvalue weighted by molar-refractivity contribution is -0.124. The van der Waals surface area contributed by atoms with Gasteiger partial charge in [-0.05, 0) is 36.2 Å². The molecule has 2 aliphatic rings. The third-order valence-electron chi connectivity index (χ3n) is 5.83. The molecule has 0 saturated carbocycles. The van der Waals surface area contributed by atoms with Crippen molar-refractivity contribution in [3.8, 4) is 5.75 Å². The van der Waals surface area contributed by atoms with Crippen molar-refractivity contribution in [1.82, 2.24) is 4.90 Å². The third kappa shape index (κ3) is 4.44. The standard InChI is InChI=1S/C27H24N4O3S/c1-3-22(25(32)28-18-12-9-13-19(16-18)34-2)35-27-29-21-15-8-7-14-20(21)24-30-23(26(33)31(24)27)17-10-5-4-6-11-17/h4-16,22-23H,3H2,1-2H3,(H,28,32)/t22-,23-/m1/s1. The van der Waals surface area contributed by atoms with Crippen molar-refractivity contribution in [3.63, 3.8) is 0 Å². The minimum Gasteiger partial charge on any atom is -0.497 e. The molecular formula is C27H24N4O3S. The van der Waals surface area contributed by atoms with Gasteiger partial charge in [0.25, 0.3) is 5.91 Å². The summed E-state index contributed by atoms with van der Waals surface area (Å²) in [6.45, 7) is 1.94. The summed E-state index contributed by atoms with van der Waals surface area (Å²) in [6, 6.07) is 23.7. The smallest absolute Gasteiger partial charge is 0.263 e.